The molecule has 3 aromatic heterocycles. The molecule has 1 spiro atoms. The van der Waals surface area contributed by atoms with E-state index in [2.05, 4.69) is 32.2 Å². The predicted molar refractivity (Wildman–Crippen MR) is 129 cm³/mol. The van der Waals surface area contributed by atoms with E-state index in [-0.39, 0.29) is 5.41 Å². The Bertz CT molecular complexity index is 1420. The van der Waals surface area contributed by atoms with Crippen molar-refractivity contribution in [2.75, 3.05) is 11.4 Å². The summed E-state index contributed by atoms with van der Waals surface area (Å²) in [5.74, 6) is 1.49. The number of Topliss-reactive ketones (excluding diaryl/α,β-unsaturated/α-hetero) is 1. The van der Waals surface area contributed by atoms with Crippen molar-refractivity contribution >= 4 is 28.5 Å². The third-order valence-corrected chi connectivity index (χ3v) is 8.11. The summed E-state index contributed by atoms with van der Waals surface area (Å²) in [6.07, 6.45) is 10.4. The Balaban J connectivity index is 1.13. The van der Waals surface area contributed by atoms with Gasteiger partial charge < -0.3 is 4.90 Å². The van der Waals surface area contributed by atoms with Gasteiger partial charge in [-0.25, -0.2) is 9.97 Å². The van der Waals surface area contributed by atoms with Crippen LogP contribution in [0.25, 0.3) is 11.2 Å². The molecule has 4 heterocycles. The summed E-state index contributed by atoms with van der Waals surface area (Å²) in [5.41, 5.74) is 6.67. The molecule has 1 N–H and O–H groups in total. The molecular formula is C27H26N6O. The minimum Gasteiger partial charge on any atom is -0.321 e. The minimum atomic E-state index is -0.214. The van der Waals surface area contributed by atoms with E-state index in [1.807, 2.05) is 36.7 Å². The molecule has 7 rings (SSSR count). The highest BCUT2D eigenvalue weighted by atomic mass is 16.1. The molecule has 0 bridgehead atoms. The molecule has 3 aliphatic rings. The molecule has 0 radical (unpaired) electrons. The highest BCUT2D eigenvalue weighted by Gasteiger charge is 2.47. The zero-order valence-corrected chi connectivity index (χ0v) is 19.0. The van der Waals surface area contributed by atoms with Gasteiger partial charge in [0.05, 0.1) is 17.1 Å². The highest BCUT2D eigenvalue weighted by molar-refractivity contribution is 6.05. The molecule has 170 valence electrons. The fourth-order valence-corrected chi connectivity index (χ4v) is 6.30. The van der Waals surface area contributed by atoms with Crippen LogP contribution < -0.4 is 4.90 Å². The summed E-state index contributed by atoms with van der Waals surface area (Å²) in [5, 5.41) is 7.72. The van der Waals surface area contributed by atoms with Crippen LogP contribution in [0.2, 0.25) is 0 Å². The van der Waals surface area contributed by atoms with Gasteiger partial charge >= 0.3 is 0 Å². The Morgan fingerprint density at radius 1 is 1.06 bits per heavy atom. The first-order chi connectivity index (χ1) is 16.7. The number of benzene rings is 1. The highest BCUT2D eigenvalue weighted by Crippen LogP contribution is 2.50. The topological polar surface area (TPSA) is 87.7 Å². The van der Waals surface area contributed by atoms with Gasteiger partial charge in [-0.1, -0.05) is 24.3 Å². The van der Waals surface area contributed by atoms with Crippen molar-refractivity contribution in [1.29, 1.82) is 0 Å². The summed E-state index contributed by atoms with van der Waals surface area (Å²) in [7, 11) is 0. The number of aryl methyl sites for hydroxylation is 1. The molecule has 0 atom stereocenters. The van der Waals surface area contributed by atoms with Crippen molar-refractivity contribution in [3.05, 3.63) is 71.3 Å². The lowest BCUT2D eigenvalue weighted by atomic mass is 9.67. The van der Waals surface area contributed by atoms with E-state index in [0.29, 0.717) is 11.7 Å². The molecule has 7 heteroatoms. The first kappa shape index (κ1) is 19.8. The fourth-order valence-electron chi connectivity index (χ4n) is 6.30. The van der Waals surface area contributed by atoms with E-state index >= 15 is 0 Å². The zero-order valence-electron chi connectivity index (χ0n) is 19.0. The third kappa shape index (κ3) is 2.92. The maximum Gasteiger partial charge on any atom is 0.183 e. The second-order valence-electron chi connectivity index (χ2n) is 9.98. The maximum atomic E-state index is 13.2. The average molecular weight is 451 g/mol. The standard InChI is InChI=1S/C27H26N6O/c34-24-19-6-2-1-5-18(19)15-27(24)11-9-17(10-12-27)21-16-29-23-25(30-21)31-32-26(23)33-14-4-7-20-22(33)8-3-13-28-20/h1-3,5-6,8,13,16-17H,4,7,9-12,14-15H2,(H,30,31,32). The summed E-state index contributed by atoms with van der Waals surface area (Å²) in [6.45, 7) is 0.892. The van der Waals surface area contributed by atoms with Crippen molar-refractivity contribution < 1.29 is 4.79 Å². The van der Waals surface area contributed by atoms with Crippen LogP contribution in [-0.2, 0) is 12.8 Å². The summed E-state index contributed by atoms with van der Waals surface area (Å²) >= 11 is 0. The normalized spacial score (nSPS) is 23.9. The van der Waals surface area contributed by atoms with E-state index in [1.165, 1.54) is 5.56 Å². The number of H-pyrrole nitrogens is 1. The molecule has 1 aliphatic heterocycles. The van der Waals surface area contributed by atoms with Gasteiger partial charge in [-0.05, 0) is 62.6 Å². The van der Waals surface area contributed by atoms with E-state index < -0.39 is 0 Å². The van der Waals surface area contributed by atoms with E-state index in [4.69, 9.17) is 9.97 Å². The van der Waals surface area contributed by atoms with Crippen molar-refractivity contribution in [1.82, 2.24) is 25.1 Å². The Morgan fingerprint density at radius 2 is 1.94 bits per heavy atom. The van der Waals surface area contributed by atoms with Crippen LogP contribution in [0.3, 0.4) is 0 Å². The molecule has 34 heavy (non-hydrogen) atoms. The van der Waals surface area contributed by atoms with E-state index in [1.54, 1.807) is 0 Å². The Morgan fingerprint density at radius 3 is 2.82 bits per heavy atom. The Hall–Kier alpha value is -3.61. The molecule has 1 aromatic carbocycles. The van der Waals surface area contributed by atoms with Crippen molar-refractivity contribution in [2.45, 2.75) is 50.9 Å². The van der Waals surface area contributed by atoms with Crippen LogP contribution in [0.5, 0.6) is 0 Å². The lowest BCUT2D eigenvalue weighted by Crippen LogP contribution is -2.32. The molecule has 2 aliphatic carbocycles. The average Bonchev–Trinajstić information content (AvgIpc) is 3.43. The van der Waals surface area contributed by atoms with Gasteiger partial charge in [0.25, 0.3) is 0 Å². The number of aromatic nitrogens is 5. The number of carbonyl (C=O) groups is 1. The molecule has 0 amide bonds. The van der Waals surface area contributed by atoms with E-state index in [0.717, 1.165) is 91.1 Å². The number of pyridine rings is 1. The van der Waals surface area contributed by atoms with Gasteiger partial charge in [-0.2, -0.15) is 5.10 Å². The second-order valence-corrected chi connectivity index (χ2v) is 9.98. The van der Waals surface area contributed by atoms with Crippen LogP contribution in [0.4, 0.5) is 11.5 Å². The van der Waals surface area contributed by atoms with Crippen LogP contribution >= 0.6 is 0 Å². The lowest BCUT2D eigenvalue weighted by molar-refractivity contribution is 0.0733. The van der Waals surface area contributed by atoms with Crippen LogP contribution in [0, 0.1) is 5.41 Å². The minimum absolute atomic E-state index is 0.214. The molecule has 7 nitrogen and oxygen atoms in total. The number of aromatic amines is 1. The number of fused-ring (bicyclic) bond motifs is 3. The van der Waals surface area contributed by atoms with E-state index in [9.17, 15) is 4.79 Å². The summed E-state index contributed by atoms with van der Waals surface area (Å²) < 4.78 is 0. The number of carbonyl (C=O) groups excluding carboxylic acids is 1. The van der Waals surface area contributed by atoms with Crippen LogP contribution in [0.1, 0.15) is 65.3 Å². The first-order valence-corrected chi connectivity index (χ1v) is 12.3. The molecule has 4 aromatic rings. The van der Waals surface area contributed by atoms with Gasteiger partial charge in [-0.3, -0.25) is 14.9 Å². The number of rotatable bonds is 2. The molecule has 1 saturated carbocycles. The van der Waals surface area contributed by atoms with Crippen molar-refractivity contribution in [3.63, 3.8) is 0 Å². The van der Waals surface area contributed by atoms with Gasteiger partial charge in [0.1, 0.15) is 0 Å². The molecule has 1 fully saturated rings. The quantitative estimate of drug-likeness (QED) is 0.467. The molecule has 0 unspecified atom stereocenters. The second kappa shape index (κ2) is 7.45. The Labute approximate surface area is 197 Å². The number of hydrogen-bond acceptors (Lipinski definition) is 6. The number of nitrogens with one attached hydrogen (secondary N) is 1. The largest absolute Gasteiger partial charge is 0.321 e. The summed E-state index contributed by atoms with van der Waals surface area (Å²) in [4.78, 5) is 29.7. The first-order valence-electron chi connectivity index (χ1n) is 12.3. The lowest BCUT2D eigenvalue weighted by Gasteiger charge is -2.35. The summed E-state index contributed by atoms with van der Waals surface area (Å²) in [6, 6.07) is 12.2. The number of ketones is 1. The molecule has 0 saturated heterocycles. The predicted octanol–water partition coefficient (Wildman–Crippen LogP) is 4.92. The van der Waals surface area contributed by atoms with Crippen LogP contribution in [-0.4, -0.2) is 37.5 Å². The monoisotopic (exact) mass is 450 g/mol. The SMILES string of the molecule is O=C1c2ccccc2CC12CCC(c1cnc3c(N4CCCc5ncccc54)n[nH]c3n1)CC2. The number of nitrogens with zero attached hydrogens (tertiary/aromatic N) is 5. The van der Waals surface area contributed by atoms with Gasteiger partial charge in [-0.15, -0.1) is 0 Å². The zero-order chi connectivity index (χ0) is 22.7. The van der Waals surface area contributed by atoms with Crippen molar-refractivity contribution in [2.24, 2.45) is 5.41 Å². The maximum absolute atomic E-state index is 13.2. The van der Waals surface area contributed by atoms with Gasteiger partial charge in [0, 0.05) is 35.8 Å². The van der Waals surface area contributed by atoms with Crippen LogP contribution in [0.15, 0.2) is 48.8 Å². The fraction of sp³-hybridized carbons (Fsp3) is 0.370. The Kier molecular flexibility index (Phi) is 4.34. The van der Waals surface area contributed by atoms with Gasteiger partial charge in [0.15, 0.2) is 22.8 Å². The number of hydrogen-bond donors (Lipinski definition) is 1. The van der Waals surface area contributed by atoms with Gasteiger partial charge in [0.2, 0.25) is 0 Å². The van der Waals surface area contributed by atoms with Crippen molar-refractivity contribution in [3.8, 4) is 0 Å². The third-order valence-electron chi connectivity index (χ3n) is 8.11. The number of anilines is 2. The smallest absolute Gasteiger partial charge is 0.183 e. The molecular weight excluding hydrogens is 424 g/mol.